The number of aryl methyl sites for hydroxylation is 1. The van der Waals surface area contributed by atoms with Crippen LogP contribution in [0.1, 0.15) is 24.0 Å². The molecule has 1 amide bonds. The van der Waals surface area contributed by atoms with Gasteiger partial charge in [0.2, 0.25) is 11.5 Å². The molecule has 0 bridgehead atoms. The van der Waals surface area contributed by atoms with Crippen LogP contribution in [0.3, 0.4) is 0 Å². The van der Waals surface area contributed by atoms with E-state index in [4.69, 9.17) is 4.74 Å². The van der Waals surface area contributed by atoms with Gasteiger partial charge in [-0.05, 0) is 13.8 Å². The van der Waals surface area contributed by atoms with Gasteiger partial charge in [-0.15, -0.1) is 11.3 Å². The van der Waals surface area contributed by atoms with E-state index >= 15 is 0 Å². The van der Waals surface area contributed by atoms with Gasteiger partial charge in [0.1, 0.15) is 5.01 Å². The third-order valence-corrected chi connectivity index (χ3v) is 5.23. The standard InChI is InChI=1S/C15H22F3N3O3S/c1-10-9-25-13(20-10)14(23,15(16,17)18)7-12(22)19-8-11(2)21-3-5-24-6-4-21/h9,11,23H,3-8H2,1-2H3,(H,19,22). The van der Waals surface area contributed by atoms with Crippen molar-refractivity contribution in [3.63, 3.8) is 0 Å². The molecule has 2 N–H and O–H groups in total. The minimum atomic E-state index is -5.00. The molecule has 0 aliphatic carbocycles. The normalized spacial score (nSPS) is 20.1. The van der Waals surface area contributed by atoms with Crippen molar-refractivity contribution in [2.24, 2.45) is 0 Å². The predicted octanol–water partition coefficient (Wildman–Crippen LogP) is 1.43. The number of amides is 1. The monoisotopic (exact) mass is 381 g/mol. The first-order valence-electron chi connectivity index (χ1n) is 7.93. The number of hydrogen-bond acceptors (Lipinski definition) is 6. The molecular weight excluding hydrogens is 359 g/mol. The maximum atomic E-state index is 13.4. The van der Waals surface area contributed by atoms with Crippen molar-refractivity contribution in [3.05, 3.63) is 16.1 Å². The molecule has 1 aromatic heterocycles. The molecule has 10 heteroatoms. The largest absolute Gasteiger partial charge is 0.424 e. The summed E-state index contributed by atoms with van der Waals surface area (Å²) in [5.41, 5.74) is -2.91. The van der Waals surface area contributed by atoms with Crippen molar-refractivity contribution >= 4 is 17.2 Å². The maximum absolute atomic E-state index is 13.4. The van der Waals surface area contributed by atoms with Gasteiger partial charge in [0.15, 0.2) is 0 Å². The smallest absolute Gasteiger partial charge is 0.379 e. The Hall–Kier alpha value is -1.23. The van der Waals surface area contributed by atoms with Crippen LogP contribution in [0.2, 0.25) is 0 Å². The van der Waals surface area contributed by atoms with E-state index in [0.29, 0.717) is 43.3 Å². The van der Waals surface area contributed by atoms with Gasteiger partial charge in [-0.2, -0.15) is 13.2 Å². The molecule has 25 heavy (non-hydrogen) atoms. The molecule has 0 radical (unpaired) electrons. The molecule has 142 valence electrons. The van der Waals surface area contributed by atoms with Crippen LogP contribution in [-0.4, -0.2) is 66.0 Å². The highest BCUT2D eigenvalue weighted by Crippen LogP contribution is 2.42. The van der Waals surface area contributed by atoms with Crippen molar-refractivity contribution < 1.29 is 27.8 Å². The van der Waals surface area contributed by atoms with Crippen LogP contribution < -0.4 is 5.32 Å². The summed E-state index contributed by atoms with van der Waals surface area (Å²) in [4.78, 5) is 17.8. The summed E-state index contributed by atoms with van der Waals surface area (Å²) in [6.45, 7) is 6.21. The van der Waals surface area contributed by atoms with E-state index in [1.165, 1.54) is 12.3 Å². The van der Waals surface area contributed by atoms with Gasteiger partial charge >= 0.3 is 6.18 Å². The van der Waals surface area contributed by atoms with Crippen LogP contribution in [0.25, 0.3) is 0 Å². The van der Waals surface area contributed by atoms with Crippen molar-refractivity contribution in [2.45, 2.75) is 38.1 Å². The van der Waals surface area contributed by atoms with Gasteiger partial charge in [0, 0.05) is 36.8 Å². The highest BCUT2D eigenvalue weighted by molar-refractivity contribution is 7.09. The van der Waals surface area contributed by atoms with Gasteiger partial charge in [0.05, 0.1) is 19.6 Å². The van der Waals surface area contributed by atoms with E-state index in [1.807, 2.05) is 6.92 Å². The predicted molar refractivity (Wildman–Crippen MR) is 86.3 cm³/mol. The number of hydrogen-bond donors (Lipinski definition) is 2. The van der Waals surface area contributed by atoms with Crippen molar-refractivity contribution in [1.82, 2.24) is 15.2 Å². The van der Waals surface area contributed by atoms with E-state index in [-0.39, 0.29) is 12.6 Å². The minimum Gasteiger partial charge on any atom is -0.379 e. The number of thiazole rings is 1. The van der Waals surface area contributed by atoms with Crippen molar-refractivity contribution in [1.29, 1.82) is 0 Å². The average molecular weight is 381 g/mol. The fourth-order valence-corrected chi connectivity index (χ4v) is 3.46. The van der Waals surface area contributed by atoms with Gasteiger partial charge in [-0.25, -0.2) is 4.98 Å². The van der Waals surface area contributed by atoms with Crippen LogP contribution in [0.15, 0.2) is 5.38 Å². The Kier molecular flexibility index (Phi) is 6.41. The van der Waals surface area contributed by atoms with Gasteiger partial charge in [-0.1, -0.05) is 0 Å². The Balaban J connectivity index is 1.98. The molecule has 6 nitrogen and oxygen atoms in total. The number of morpholine rings is 1. The van der Waals surface area contributed by atoms with E-state index in [9.17, 15) is 23.1 Å². The first-order chi connectivity index (χ1) is 11.6. The molecule has 0 aromatic carbocycles. The molecule has 2 unspecified atom stereocenters. The first-order valence-corrected chi connectivity index (χ1v) is 8.81. The molecule has 1 saturated heterocycles. The quantitative estimate of drug-likeness (QED) is 0.780. The second-order valence-corrected chi connectivity index (χ2v) is 6.99. The maximum Gasteiger partial charge on any atom is 0.424 e. The lowest BCUT2D eigenvalue weighted by molar-refractivity contribution is -0.267. The molecule has 0 spiro atoms. The van der Waals surface area contributed by atoms with Crippen molar-refractivity contribution in [2.75, 3.05) is 32.8 Å². The van der Waals surface area contributed by atoms with Gasteiger partial charge < -0.3 is 15.2 Å². The number of nitrogens with one attached hydrogen (secondary N) is 1. The zero-order valence-electron chi connectivity index (χ0n) is 14.1. The summed E-state index contributed by atoms with van der Waals surface area (Å²) in [7, 11) is 0. The Morgan fingerprint density at radius 3 is 2.64 bits per heavy atom. The van der Waals surface area contributed by atoms with Crippen LogP contribution in [-0.2, 0) is 15.1 Å². The number of nitrogens with zero attached hydrogens (tertiary/aromatic N) is 2. The van der Waals surface area contributed by atoms with Crippen LogP contribution in [0.5, 0.6) is 0 Å². The molecule has 0 saturated carbocycles. The molecule has 1 fully saturated rings. The lowest BCUT2D eigenvalue weighted by atomic mass is 9.99. The fourth-order valence-electron chi connectivity index (χ4n) is 2.54. The molecule has 1 aliphatic rings. The van der Waals surface area contributed by atoms with Gasteiger partial charge in [0.25, 0.3) is 0 Å². The Morgan fingerprint density at radius 2 is 2.12 bits per heavy atom. The molecule has 1 aromatic rings. The number of aromatic nitrogens is 1. The number of rotatable bonds is 6. The van der Waals surface area contributed by atoms with Crippen LogP contribution >= 0.6 is 11.3 Å². The van der Waals surface area contributed by atoms with E-state index in [0.717, 1.165) is 0 Å². The summed E-state index contributed by atoms with van der Waals surface area (Å²) >= 11 is 0.689. The average Bonchev–Trinajstić information content (AvgIpc) is 2.99. The number of aliphatic hydroxyl groups is 1. The van der Waals surface area contributed by atoms with E-state index in [1.54, 1.807) is 0 Å². The summed E-state index contributed by atoms with van der Waals surface area (Å²) in [5.74, 6) is -0.868. The number of carbonyl (C=O) groups excluding carboxylic acids is 1. The summed E-state index contributed by atoms with van der Waals surface area (Å²) < 4.78 is 45.3. The molecule has 1 aliphatic heterocycles. The third-order valence-electron chi connectivity index (χ3n) is 4.12. The SMILES string of the molecule is Cc1csc(C(O)(CC(=O)NCC(C)N2CCOCC2)C(F)(F)F)n1. The fraction of sp³-hybridized carbons (Fsp3) is 0.733. The lowest BCUT2D eigenvalue weighted by Crippen LogP contribution is -2.49. The summed E-state index contributed by atoms with van der Waals surface area (Å²) in [6.07, 6.45) is -6.11. The minimum absolute atomic E-state index is 0.0334. The van der Waals surface area contributed by atoms with Gasteiger partial charge in [-0.3, -0.25) is 9.69 Å². The zero-order chi connectivity index (χ0) is 18.7. The summed E-state index contributed by atoms with van der Waals surface area (Å²) in [5, 5.41) is 13.5. The van der Waals surface area contributed by atoms with Crippen molar-refractivity contribution in [3.8, 4) is 0 Å². The molecule has 2 atom stereocenters. The first kappa shape index (κ1) is 20.1. The van der Waals surface area contributed by atoms with E-state index in [2.05, 4.69) is 15.2 Å². The summed E-state index contributed by atoms with van der Waals surface area (Å²) in [6, 6.07) is -0.0334. The van der Waals surface area contributed by atoms with Crippen LogP contribution in [0.4, 0.5) is 13.2 Å². The third kappa shape index (κ3) is 4.90. The Labute approximate surface area is 148 Å². The lowest BCUT2D eigenvalue weighted by Gasteiger charge is -2.33. The second-order valence-electron chi connectivity index (χ2n) is 6.13. The highest BCUT2D eigenvalue weighted by atomic mass is 32.1. The topological polar surface area (TPSA) is 74.7 Å². The number of alkyl halides is 3. The number of ether oxygens (including phenoxy) is 1. The number of halogens is 3. The molecule has 2 rings (SSSR count). The second kappa shape index (κ2) is 7.98. The molecular formula is C15H22F3N3O3S. The Bertz CT molecular complexity index is 590. The number of carbonyl (C=O) groups is 1. The van der Waals surface area contributed by atoms with Crippen LogP contribution in [0, 0.1) is 6.92 Å². The zero-order valence-corrected chi connectivity index (χ0v) is 14.9. The highest BCUT2D eigenvalue weighted by Gasteiger charge is 2.58. The molecule has 2 heterocycles. The van der Waals surface area contributed by atoms with E-state index < -0.39 is 29.1 Å². The Morgan fingerprint density at radius 1 is 1.48 bits per heavy atom.